The number of nitrogens with one attached hydrogen (secondary N) is 1. The lowest BCUT2D eigenvalue weighted by atomic mass is 9.90. The highest BCUT2D eigenvalue weighted by Gasteiger charge is 2.35. The van der Waals surface area contributed by atoms with Crippen molar-refractivity contribution >= 4 is 5.91 Å². The van der Waals surface area contributed by atoms with Crippen molar-refractivity contribution in [1.82, 2.24) is 5.32 Å². The van der Waals surface area contributed by atoms with E-state index in [0.717, 1.165) is 6.42 Å². The van der Waals surface area contributed by atoms with Crippen molar-refractivity contribution in [3.63, 3.8) is 0 Å². The molecule has 4 heteroatoms. The molecule has 1 heterocycles. The molecule has 1 fully saturated rings. The molecule has 3 N–H and O–H groups in total. The Bertz CT molecular complexity index is 427. The first-order chi connectivity index (χ1) is 9.62. The zero-order valence-electron chi connectivity index (χ0n) is 12.1. The summed E-state index contributed by atoms with van der Waals surface area (Å²) in [4.78, 5) is 12.1. The van der Waals surface area contributed by atoms with Crippen LogP contribution in [0.5, 0.6) is 0 Å². The number of amides is 1. The molecule has 0 radical (unpaired) electrons. The Balaban J connectivity index is 1.76. The Morgan fingerprint density at radius 1 is 1.35 bits per heavy atom. The quantitative estimate of drug-likeness (QED) is 0.862. The minimum Gasteiger partial charge on any atom is -0.381 e. The first-order valence-corrected chi connectivity index (χ1v) is 7.32. The van der Waals surface area contributed by atoms with Crippen molar-refractivity contribution in [1.29, 1.82) is 0 Å². The number of rotatable bonds is 5. The third-order valence-corrected chi connectivity index (χ3v) is 4.07. The van der Waals surface area contributed by atoms with Gasteiger partial charge < -0.3 is 15.8 Å². The summed E-state index contributed by atoms with van der Waals surface area (Å²) in [5.74, 6) is 0.390. The molecule has 0 spiro atoms. The van der Waals surface area contributed by atoms with Crippen LogP contribution in [0.4, 0.5) is 0 Å². The second kappa shape index (κ2) is 6.86. The fourth-order valence-electron chi connectivity index (χ4n) is 2.49. The van der Waals surface area contributed by atoms with Crippen LogP contribution >= 0.6 is 0 Å². The fourth-order valence-corrected chi connectivity index (χ4v) is 2.49. The van der Waals surface area contributed by atoms with E-state index in [4.69, 9.17) is 10.5 Å². The number of benzene rings is 1. The van der Waals surface area contributed by atoms with Gasteiger partial charge in [0.15, 0.2) is 0 Å². The molecule has 0 saturated carbocycles. The van der Waals surface area contributed by atoms with Crippen LogP contribution in [0.15, 0.2) is 30.3 Å². The molecule has 0 bridgehead atoms. The van der Waals surface area contributed by atoms with E-state index < -0.39 is 5.54 Å². The Hall–Kier alpha value is -1.39. The molecule has 1 amide bonds. The van der Waals surface area contributed by atoms with Crippen molar-refractivity contribution in [2.24, 2.45) is 5.73 Å². The SMILES string of the molecule is CC(CCNC(=O)C1(N)CCOCC1)c1ccccc1. The first-order valence-electron chi connectivity index (χ1n) is 7.32. The van der Waals surface area contributed by atoms with Gasteiger partial charge in [0.1, 0.15) is 0 Å². The summed E-state index contributed by atoms with van der Waals surface area (Å²) in [6, 6.07) is 10.3. The van der Waals surface area contributed by atoms with Gasteiger partial charge in [0.05, 0.1) is 5.54 Å². The molecule has 1 atom stereocenters. The second-order valence-corrected chi connectivity index (χ2v) is 5.62. The number of ether oxygens (including phenoxy) is 1. The van der Waals surface area contributed by atoms with E-state index in [1.807, 2.05) is 18.2 Å². The lowest BCUT2D eigenvalue weighted by Crippen LogP contribution is -2.57. The largest absolute Gasteiger partial charge is 0.381 e. The summed E-state index contributed by atoms with van der Waals surface area (Å²) in [5.41, 5.74) is 6.70. The van der Waals surface area contributed by atoms with Gasteiger partial charge in [-0.15, -0.1) is 0 Å². The predicted molar refractivity (Wildman–Crippen MR) is 79.5 cm³/mol. The van der Waals surface area contributed by atoms with E-state index >= 15 is 0 Å². The summed E-state index contributed by atoms with van der Waals surface area (Å²) in [6.45, 7) is 3.98. The highest BCUT2D eigenvalue weighted by molar-refractivity contribution is 5.86. The van der Waals surface area contributed by atoms with Gasteiger partial charge in [0.25, 0.3) is 0 Å². The van der Waals surface area contributed by atoms with Crippen LogP contribution in [0.1, 0.15) is 37.7 Å². The third kappa shape index (κ3) is 3.81. The normalized spacial score (nSPS) is 19.3. The van der Waals surface area contributed by atoms with E-state index in [1.54, 1.807) is 0 Å². The molecule has 0 aromatic heterocycles. The number of hydrogen-bond donors (Lipinski definition) is 2. The molecule has 4 nitrogen and oxygen atoms in total. The van der Waals surface area contributed by atoms with Crippen molar-refractivity contribution in [2.45, 2.75) is 37.6 Å². The monoisotopic (exact) mass is 276 g/mol. The molecule has 110 valence electrons. The van der Waals surface area contributed by atoms with Crippen LogP contribution in [0, 0.1) is 0 Å². The van der Waals surface area contributed by atoms with Gasteiger partial charge >= 0.3 is 0 Å². The van der Waals surface area contributed by atoms with Gasteiger partial charge in [-0.3, -0.25) is 4.79 Å². The molecular weight excluding hydrogens is 252 g/mol. The van der Waals surface area contributed by atoms with Gasteiger partial charge in [0.2, 0.25) is 5.91 Å². The maximum absolute atomic E-state index is 12.1. The maximum Gasteiger partial charge on any atom is 0.240 e. The van der Waals surface area contributed by atoms with Gasteiger partial charge in [-0.05, 0) is 30.7 Å². The molecule has 2 rings (SSSR count). The second-order valence-electron chi connectivity index (χ2n) is 5.62. The molecule has 1 saturated heterocycles. The molecule has 20 heavy (non-hydrogen) atoms. The van der Waals surface area contributed by atoms with Crippen molar-refractivity contribution in [3.8, 4) is 0 Å². The number of hydrogen-bond acceptors (Lipinski definition) is 3. The molecule has 1 aliphatic rings. The first kappa shape index (κ1) is 15.0. The van der Waals surface area contributed by atoms with E-state index in [-0.39, 0.29) is 5.91 Å². The zero-order valence-corrected chi connectivity index (χ0v) is 12.1. The highest BCUT2D eigenvalue weighted by atomic mass is 16.5. The molecular formula is C16H24N2O2. The zero-order chi connectivity index (χ0) is 14.4. The maximum atomic E-state index is 12.1. The van der Waals surface area contributed by atoms with Crippen LogP contribution in [0.25, 0.3) is 0 Å². The Kier molecular flexibility index (Phi) is 5.15. The average Bonchev–Trinajstić information content (AvgIpc) is 2.48. The summed E-state index contributed by atoms with van der Waals surface area (Å²) in [7, 11) is 0. The number of carbonyl (C=O) groups is 1. The molecule has 1 unspecified atom stereocenters. The Labute approximate surface area is 120 Å². The third-order valence-electron chi connectivity index (χ3n) is 4.07. The van der Waals surface area contributed by atoms with E-state index in [9.17, 15) is 4.79 Å². The van der Waals surface area contributed by atoms with Gasteiger partial charge in [0, 0.05) is 19.8 Å². The lowest BCUT2D eigenvalue weighted by molar-refractivity contribution is -0.129. The number of nitrogens with two attached hydrogens (primary N) is 1. The van der Waals surface area contributed by atoms with E-state index in [2.05, 4.69) is 24.4 Å². The smallest absolute Gasteiger partial charge is 0.240 e. The average molecular weight is 276 g/mol. The predicted octanol–water partition coefficient (Wildman–Crippen LogP) is 1.80. The van der Waals surface area contributed by atoms with Crippen LogP contribution in [0.2, 0.25) is 0 Å². The molecule has 1 aliphatic heterocycles. The lowest BCUT2D eigenvalue weighted by Gasteiger charge is -2.31. The summed E-state index contributed by atoms with van der Waals surface area (Å²) < 4.78 is 5.26. The van der Waals surface area contributed by atoms with Crippen LogP contribution in [0.3, 0.4) is 0 Å². The van der Waals surface area contributed by atoms with Crippen molar-refractivity contribution in [3.05, 3.63) is 35.9 Å². The topological polar surface area (TPSA) is 64.4 Å². The van der Waals surface area contributed by atoms with Gasteiger partial charge in [-0.2, -0.15) is 0 Å². The van der Waals surface area contributed by atoms with Crippen molar-refractivity contribution < 1.29 is 9.53 Å². The van der Waals surface area contributed by atoms with Crippen LogP contribution in [-0.4, -0.2) is 31.2 Å². The van der Waals surface area contributed by atoms with Crippen LogP contribution in [-0.2, 0) is 9.53 Å². The Morgan fingerprint density at radius 3 is 2.65 bits per heavy atom. The highest BCUT2D eigenvalue weighted by Crippen LogP contribution is 2.19. The fraction of sp³-hybridized carbons (Fsp3) is 0.562. The Morgan fingerprint density at radius 2 is 2.00 bits per heavy atom. The summed E-state index contributed by atoms with van der Waals surface area (Å²) in [6.07, 6.45) is 2.13. The molecule has 0 aliphatic carbocycles. The van der Waals surface area contributed by atoms with Crippen LogP contribution < -0.4 is 11.1 Å². The summed E-state index contributed by atoms with van der Waals surface area (Å²) in [5, 5.41) is 2.97. The van der Waals surface area contributed by atoms with Crippen molar-refractivity contribution in [2.75, 3.05) is 19.8 Å². The van der Waals surface area contributed by atoms with E-state index in [1.165, 1.54) is 5.56 Å². The standard InChI is InChI=1S/C16H24N2O2/c1-13(14-5-3-2-4-6-14)7-10-18-15(19)16(17)8-11-20-12-9-16/h2-6,13H,7-12,17H2,1H3,(H,18,19). The molecule has 1 aromatic rings. The molecule has 1 aromatic carbocycles. The minimum absolute atomic E-state index is 0.0407. The van der Waals surface area contributed by atoms with E-state index in [0.29, 0.717) is 38.5 Å². The van der Waals surface area contributed by atoms with Gasteiger partial charge in [-0.25, -0.2) is 0 Å². The minimum atomic E-state index is -0.742. The van der Waals surface area contributed by atoms with Gasteiger partial charge in [-0.1, -0.05) is 37.3 Å². The summed E-state index contributed by atoms with van der Waals surface area (Å²) >= 11 is 0. The number of carbonyl (C=O) groups excluding carboxylic acids is 1.